The van der Waals surface area contributed by atoms with Crippen molar-refractivity contribution in [2.24, 2.45) is 0 Å². The first kappa shape index (κ1) is 32.1. The van der Waals surface area contributed by atoms with Gasteiger partial charge in [0.25, 0.3) is 0 Å². The molecule has 0 saturated carbocycles. The molecule has 0 bridgehead atoms. The third-order valence-electron chi connectivity index (χ3n) is 7.79. The van der Waals surface area contributed by atoms with Crippen molar-refractivity contribution in [3.63, 3.8) is 0 Å². The molecule has 4 rings (SSSR count). The van der Waals surface area contributed by atoms with Gasteiger partial charge in [-0.3, -0.25) is 0 Å². The zero-order chi connectivity index (χ0) is 29.7. The van der Waals surface area contributed by atoms with E-state index in [2.05, 4.69) is 6.92 Å². The second kappa shape index (κ2) is 16.1. The van der Waals surface area contributed by atoms with Crippen molar-refractivity contribution < 1.29 is 12.0 Å². The minimum atomic E-state index is -4.14. The van der Waals surface area contributed by atoms with E-state index in [0.717, 1.165) is 45.1 Å². The lowest BCUT2D eigenvalue weighted by Gasteiger charge is -2.40. The Kier molecular flexibility index (Phi) is 12.3. The van der Waals surface area contributed by atoms with Crippen molar-refractivity contribution in [1.29, 1.82) is 0 Å². The van der Waals surface area contributed by atoms with Crippen LogP contribution in [0.5, 0.6) is 0 Å². The molecule has 5 heteroatoms. The molecule has 4 aromatic rings. The molecule has 0 N–H and O–H groups in total. The predicted molar refractivity (Wildman–Crippen MR) is 177 cm³/mol. The highest BCUT2D eigenvalue weighted by molar-refractivity contribution is 8.33. The van der Waals surface area contributed by atoms with Gasteiger partial charge in [0.2, 0.25) is 0 Å². The van der Waals surface area contributed by atoms with Crippen LogP contribution in [0.15, 0.2) is 129 Å². The summed E-state index contributed by atoms with van der Waals surface area (Å²) in [6.07, 6.45) is 13.2. The van der Waals surface area contributed by atoms with Gasteiger partial charge >= 0.3 is 10.1 Å². The van der Waals surface area contributed by atoms with E-state index < -0.39 is 20.4 Å². The summed E-state index contributed by atoms with van der Waals surface area (Å²) in [4.78, 5) is 2.86. The van der Waals surface area contributed by atoms with Crippen molar-refractivity contribution in [3.05, 3.63) is 120 Å². The lowest BCUT2D eigenvalue weighted by atomic mass is 10.0. The maximum absolute atomic E-state index is 14.4. The SMILES string of the molecule is CCCCCCCCCCCCc1ccccc1S(=O)(=O)OS(c1ccccc1)(c1ccccc1)c1ccccc1C. The van der Waals surface area contributed by atoms with E-state index >= 15 is 0 Å². The van der Waals surface area contributed by atoms with Crippen LogP contribution in [-0.4, -0.2) is 8.42 Å². The monoisotopic (exact) mass is 602 g/mol. The highest BCUT2D eigenvalue weighted by atomic mass is 32.3. The number of aryl methyl sites for hydroxylation is 2. The first-order valence-corrected chi connectivity index (χ1v) is 18.5. The van der Waals surface area contributed by atoms with Crippen LogP contribution < -0.4 is 0 Å². The van der Waals surface area contributed by atoms with Crippen molar-refractivity contribution in [1.82, 2.24) is 0 Å². The summed E-state index contributed by atoms with van der Waals surface area (Å²) in [5.74, 6) is 0. The molecule has 0 radical (unpaired) electrons. The molecular weight excluding hydrogens is 557 g/mol. The van der Waals surface area contributed by atoms with E-state index in [1.807, 2.05) is 104 Å². The van der Waals surface area contributed by atoms with Crippen LogP contribution in [0.3, 0.4) is 0 Å². The van der Waals surface area contributed by atoms with Gasteiger partial charge in [0.1, 0.15) is 0 Å². The van der Waals surface area contributed by atoms with E-state index in [1.165, 1.54) is 51.4 Å². The van der Waals surface area contributed by atoms with Gasteiger partial charge in [0, 0.05) is 14.7 Å². The predicted octanol–water partition coefficient (Wildman–Crippen LogP) is 11.1. The second-order valence-electron chi connectivity index (χ2n) is 11.0. The molecule has 0 aliphatic carbocycles. The zero-order valence-electron chi connectivity index (χ0n) is 25.2. The lowest BCUT2D eigenvalue weighted by Crippen LogP contribution is -2.16. The number of benzene rings is 4. The summed E-state index contributed by atoms with van der Waals surface area (Å²) in [6.45, 7) is 4.28. The number of unbranched alkanes of at least 4 members (excludes halogenated alkanes) is 9. The maximum Gasteiger partial charge on any atom is 0.307 e. The molecule has 0 aliphatic heterocycles. The van der Waals surface area contributed by atoms with Gasteiger partial charge in [0.05, 0.1) is 4.90 Å². The van der Waals surface area contributed by atoms with Crippen LogP contribution >= 0.6 is 10.3 Å². The normalized spacial score (nSPS) is 12.3. The average molecular weight is 603 g/mol. The molecule has 4 aromatic carbocycles. The highest BCUT2D eigenvalue weighted by Gasteiger charge is 2.39. The Bertz CT molecular complexity index is 1430. The lowest BCUT2D eigenvalue weighted by molar-refractivity contribution is 0.506. The summed E-state index contributed by atoms with van der Waals surface area (Å²) in [7, 11) is -6.75. The summed E-state index contributed by atoms with van der Waals surface area (Å²) in [5, 5.41) is 0. The van der Waals surface area contributed by atoms with E-state index in [9.17, 15) is 8.42 Å². The summed E-state index contributed by atoms with van der Waals surface area (Å²) in [6, 6.07) is 35.0. The van der Waals surface area contributed by atoms with Gasteiger partial charge < -0.3 is 0 Å². The van der Waals surface area contributed by atoms with E-state index in [-0.39, 0.29) is 4.90 Å². The Hall–Kier alpha value is -2.86. The molecule has 0 amide bonds. The van der Waals surface area contributed by atoms with Crippen LogP contribution in [0.4, 0.5) is 0 Å². The molecule has 0 aromatic heterocycles. The van der Waals surface area contributed by atoms with Gasteiger partial charge in [0.15, 0.2) is 0 Å². The third-order valence-corrected chi connectivity index (χ3v) is 13.2. The quantitative estimate of drug-likeness (QED) is 0.113. The topological polar surface area (TPSA) is 43.4 Å². The Morgan fingerprint density at radius 1 is 0.524 bits per heavy atom. The molecule has 224 valence electrons. The van der Waals surface area contributed by atoms with Crippen molar-refractivity contribution >= 4 is 20.4 Å². The Morgan fingerprint density at radius 3 is 1.52 bits per heavy atom. The Balaban J connectivity index is 1.60. The maximum atomic E-state index is 14.4. The Morgan fingerprint density at radius 2 is 0.976 bits per heavy atom. The third kappa shape index (κ3) is 8.15. The minimum absolute atomic E-state index is 0.276. The van der Waals surface area contributed by atoms with Crippen LogP contribution in [0, 0.1) is 6.92 Å². The van der Waals surface area contributed by atoms with Gasteiger partial charge in [-0.1, -0.05) is 138 Å². The molecular formula is C37H46O3S2. The van der Waals surface area contributed by atoms with Crippen molar-refractivity contribution in [3.8, 4) is 0 Å². The van der Waals surface area contributed by atoms with Gasteiger partial charge in [-0.25, -0.2) is 3.63 Å². The molecule has 3 nitrogen and oxygen atoms in total. The van der Waals surface area contributed by atoms with E-state index in [0.29, 0.717) is 0 Å². The fourth-order valence-electron chi connectivity index (χ4n) is 5.54. The van der Waals surface area contributed by atoms with Crippen LogP contribution in [0.1, 0.15) is 82.3 Å². The van der Waals surface area contributed by atoms with Crippen LogP contribution in [-0.2, 0) is 20.2 Å². The molecule has 0 unspecified atom stereocenters. The van der Waals surface area contributed by atoms with Gasteiger partial charge in [-0.2, -0.15) is 8.42 Å². The molecule has 0 aliphatic rings. The second-order valence-corrected chi connectivity index (χ2v) is 15.4. The summed E-state index contributed by atoms with van der Waals surface area (Å²) < 4.78 is 35.4. The standard InChI is InChI=1S/C37H46O3S2/c1-3-4-5-6-7-8-9-10-11-14-24-33-25-20-22-31-37(33)42(38,39)40-41(34-26-15-12-16-27-34,35-28-17-13-18-29-35)36-30-21-19-23-32(36)2/h12-13,15-23,25-31H,3-11,14,24H2,1-2H3. The van der Waals surface area contributed by atoms with E-state index in [4.69, 9.17) is 3.63 Å². The number of hydrogen-bond donors (Lipinski definition) is 0. The zero-order valence-corrected chi connectivity index (χ0v) is 26.8. The minimum Gasteiger partial charge on any atom is -0.203 e. The molecule has 0 spiro atoms. The highest BCUT2D eigenvalue weighted by Crippen LogP contribution is 2.71. The summed E-state index contributed by atoms with van der Waals surface area (Å²) in [5.41, 5.74) is 1.82. The largest absolute Gasteiger partial charge is 0.307 e. The molecule has 0 fully saturated rings. The van der Waals surface area contributed by atoms with Gasteiger partial charge in [-0.05, 0) is 77.6 Å². The first-order chi connectivity index (χ1) is 20.5. The summed E-state index contributed by atoms with van der Waals surface area (Å²) >= 11 is 0. The molecule has 42 heavy (non-hydrogen) atoms. The van der Waals surface area contributed by atoms with Crippen LogP contribution in [0.2, 0.25) is 0 Å². The van der Waals surface area contributed by atoms with Crippen molar-refractivity contribution in [2.45, 2.75) is 104 Å². The molecule has 0 atom stereocenters. The number of rotatable bonds is 17. The van der Waals surface area contributed by atoms with E-state index in [1.54, 1.807) is 12.1 Å². The molecule has 0 saturated heterocycles. The van der Waals surface area contributed by atoms with Gasteiger partial charge in [-0.15, -0.1) is 0 Å². The van der Waals surface area contributed by atoms with Crippen LogP contribution in [0.25, 0.3) is 0 Å². The molecule has 0 heterocycles. The fourth-order valence-corrected chi connectivity index (χ4v) is 11.2. The number of hydrogen-bond acceptors (Lipinski definition) is 3. The average Bonchev–Trinajstić information content (AvgIpc) is 3.02. The Labute approximate surface area is 256 Å². The fraction of sp³-hybridized carbons (Fsp3) is 0.351. The smallest absolute Gasteiger partial charge is 0.203 e. The van der Waals surface area contributed by atoms with Crippen molar-refractivity contribution in [2.75, 3.05) is 0 Å². The first-order valence-electron chi connectivity index (χ1n) is 15.5.